The van der Waals surface area contributed by atoms with E-state index in [9.17, 15) is 18.0 Å². The number of nitrogens with two attached hydrogens (primary N) is 1. The first-order valence-electron chi connectivity index (χ1n) is 7.34. The fourth-order valence-corrected chi connectivity index (χ4v) is 2.10. The lowest BCUT2D eigenvalue weighted by molar-refractivity contribution is 0.0609. The first kappa shape index (κ1) is 18.8. The van der Waals surface area contributed by atoms with E-state index >= 15 is 0 Å². The molecule has 0 heterocycles. The van der Waals surface area contributed by atoms with Gasteiger partial charge in [-0.1, -0.05) is 6.07 Å². The van der Waals surface area contributed by atoms with Gasteiger partial charge in [0.25, 0.3) is 5.91 Å². The number of amides is 1. The Morgan fingerprint density at radius 3 is 2.52 bits per heavy atom. The van der Waals surface area contributed by atoms with Gasteiger partial charge >= 0.3 is 0 Å². The van der Waals surface area contributed by atoms with Gasteiger partial charge in [0, 0.05) is 12.8 Å². The van der Waals surface area contributed by atoms with Gasteiger partial charge in [-0.05, 0) is 29.8 Å². The maximum atomic E-state index is 14.1. The predicted octanol–water partition coefficient (Wildman–Crippen LogP) is 3.10. The normalized spacial score (nSPS) is 10.7. The summed E-state index contributed by atoms with van der Waals surface area (Å²) in [6, 6.07) is 5.67. The van der Waals surface area contributed by atoms with E-state index in [-0.39, 0.29) is 30.2 Å². The van der Waals surface area contributed by atoms with Crippen molar-refractivity contribution in [1.82, 2.24) is 0 Å². The Morgan fingerprint density at radius 2 is 1.84 bits per heavy atom. The molecule has 2 rings (SSSR count). The fourth-order valence-electron chi connectivity index (χ4n) is 2.10. The Morgan fingerprint density at radius 1 is 1.12 bits per heavy atom. The van der Waals surface area contributed by atoms with Crippen LogP contribution in [0.5, 0.6) is 0 Å². The van der Waals surface area contributed by atoms with E-state index in [1.54, 1.807) is 0 Å². The summed E-state index contributed by atoms with van der Waals surface area (Å²) in [6.07, 6.45) is 0. The monoisotopic (exact) mass is 354 g/mol. The molecule has 1 amide bonds. The molecule has 0 bridgehead atoms. The SMILES string of the molecule is COCCOCc1ccc(F)c(F)c1C(=O)Nc1ccc(F)c(N)c1. The maximum absolute atomic E-state index is 14.1. The van der Waals surface area contributed by atoms with Crippen LogP contribution < -0.4 is 11.1 Å². The third-order valence-corrected chi connectivity index (χ3v) is 3.35. The van der Waals surface area contributed by atoms with E-state index < -0.39 is 28.9 Å². The third kappa shape index (κ3) is 4.71. The Balaban J connectivity index is 2.24. The van der Waals surface area contributed by atoms with Crippen LogP contribution >= 0.6 is 0 Å². The molecule has 0 saturated heterocycles. The summed E-state index contributed by atoms with van der Waals surface area (Å²) in [5, 5.41) is 2.36. The molecule has 0 aromatic heterocycles. The van der Waals surface area contributed by atoms with Crippen LogP contribution in [-0.4, -0.2) is 26.2 Å². The number of ether oxygens (including phenoxy) is 2. The molecular formula is C17H17F3N2O3. The Hall–Kier alpha value is -2.58. The third-order valence-electron chi connectivity index (χ3n) is 3.35. The number of carbonyl (C=O) groups is 1. The number of halogens is 3. The number of hydrogen-bond acceptors (Lipinski definition) is 4. The summed E-state index contributed by atoms with van der Waals surface area (Å²) in [7, 11) is 1.49. The van der Waals surface area contributed by atoms with Crippen molar-refractivity contribution in [3.05, 3.63) is 58.9 Å². The van der Waals surface area contributed by atoms with E-state index in [4.69, 9.17) is 15.2 Å². The van der Waals surface area contributed by atoms with E-state index in [2.05, 4.69) is 5.32 Å². The molecule has 0 radical (unpaired) electrons. The van der Waals surface area contributed by atoms with E-state index in [0.29, 0.717) is 6.61 Å². The quantitative estimate of drug-likeness (QED) is 0.592. The number of benzene rings is 2. The second kappa shape index (κ2) is 8.50. The van der Waals surface area contributed by atoms with Crippen molar-refractivity contribution in [2.24, 2.45) is 0 Å². The van der Waals surface area contributed by atoms with Crippen LogP contribution in [0.15, 0.2) is 30.3 Å². The summed E-state index contributed by atoms with van der Waals surface area (Å²) >= 11 is 0. The minimum atomic E-state index is -1.29. The summed E-state index contributed by atoms with van der Waals surface area (Å²) < 4.78 is 50.9. The standard InChI is InChI=1S/C17H17F3N2O3/c1-24-6-7-25-9-10-2-4-13(19)16(20)15(10)17(23)22-11-3-5-12(18)14(21)8-11/h2-5,8H,6-7,9,21H2,1H3,(H,22,23). The van der Waals surface area contributed by atoms with Crippen LogP contribution in [-0.2, 0) is 16.1 Å². The topological polar surface area (TPSA) is 73.6 Å². The molecule has 3 N–H and O–H groups in total. The largest absolute Gasteiger partial charge is 0.396 e. The van der Waals surface area contributed by atoms with Crippen LogP contribution in [0.3, 0.4) is 0 Å². The minimum Gasteiger partial charge on any atom is -0.396 e. The molecule has 2 aromatic carbocycles. The molecule has 0 aliphatic rings. The number of hydrogen-bond donors (Lipinski definition) is 2. The van der Waals surface area contributed by atoms with Gasteiger partial charge in [0.2, 0.25) is 0 Å². The summed E-state index contributed by atoms with van der Waals surface area (Å²) in [5.41, 5.74) is 5.08. The van der Waals surface area contributed by atoms with Crippen LogP contribution in [0.1, 0.15) is 15.9 Å². The lowest BCUT2D eigenvalue weighted by Crippen LogP contribution is -2.18. The minimum absolute atomic E-state index is 0.102. The van der Waals surface area contributed by atoms with E-state index in [1.807, 2.05) is 0 Å². The molecule has 0 aliphatic heterocycles. The predicted molar refractivity (Wildman–Crippen MR) is 86.7 cm³/mol. The highest BCUT2D eigenvalue weighted by atomic mass is 19.2. The number of carbonyl (C=O) groups excluding carboxylic acids is 1. The fraction of sp³-hybridized carbons (Fsp3) is 0.235. The van der Waals surface area contributed by atoms with Gasteiger partial charge in [0.15, 0.2) is 11.6 Å². The van der Waals surface area contributed by atoms with Crippen molar-refractivity contribution >= 4 is 17.3 Å². The molecule has 0 atom stereocenters. The molecule has 0 fully saturated rings. The smallest absolute Gasteiger partial charge is 0.259 e. The molecule has 2 aromatic rings. The highest BCUT2D eigenvalue weighted by molar-refractivity contribution is 6.05. The van der Waals surface area contributed by atoms with E-state index in [0.717, 1.165) is 12.1 Å². The number of anilines is 2. The summed E-state index contributed by atoms with van der Waals surface area (Å²) in [4.78, 5) is 12.4. The second-order valence-corrected chi connectivity index (χ2v) is 5.13. The van der Waals surface area contributed by atoms with Gasteiger partial charge in [0.05, 0.1) is 31.1 Å². The van der Waals surface area contributed by atoms with Gasteiger partial charge < -0.3 is 20.5 Å². The average molecular weight is 354 g/mol. The molecule has 0 unspecified atom stereocenters. The average Bonchev–Trinajstić information content (AvgIpc) is 2.58. The zero-order valence-electron chi connectivity index (χ0n) is 13.4. The Bertz CT molecular complexity index is 769. The number of rotatable bonds is 7. The molecule has 8 heteroatoms. The van der Waals surface area contributed by atoms with Gasteiger partial charge in [-0.15, -0.1) is 0 Å². The summed E-state index contributed by atoms with van der Waals surface area (Å²) in [6.45, 7) is 0.444. The number of nitrogen functional groups attached to an aromatic ring is 1. The van der Waals surface area contributed by atoms with Crippen LogP contribution in [0.2, 0.25) is 0 Å². The van der Waals surface area contributed by atoms with Crippen molar-refractivity contribution in [3.63, 3.8) is 0 Å². The van der Waals surface area contributed by atoms with Crippen molar-refractivity contribution in [3.8, 4) is 0 Å². The lowest BCUT2D eigenvalue weighted by Gasteiger charge is -2.12. The van der Waals surface area contributed by atoms with Crippen LogP contribution in [0.25, 0.3) is 0 Å². The highest BCUT2D eigenvalue weighted by Gasteiger charge is 2.21. The summed E-state index contributed by atoms with van der Waals surface area (Å²) in [5.74, 6) is -4.00. The number of nitrogens with one attached hydrogen (secondary N) is 1. The Kier molecular flexibility index (Phi) is 6.37. The zero-order valence-corrected chi connectivity index (χ0v) is 13.4. The van der Waals surface area contributed by atoms with Crippen LogP contribution in [0.4, 0.5) is 24.5 Å². The number of methoxy groups -OCH3 is 1. The Labute approximate surface area is 142 Å². The molecular weight excluding hydrogens is 337 g/mol. The molecule has 5 nitrogen and oxygen atoms in total. The lowest BCUT2D eigenvalue weighted by atomic mass is 10.1. The van der Waals surface area contributed by atoms with Crippen molar-refractivity contribution in [1.29, 1.82) is 0 Å². The van der Waals surface area contributed by atoms with Crippen molar-refractivity contribution in [2.45, 2.75) is 6.61 Å². The van der Waals surface area contributed by atoms with Gasteiger partial charge in [0.1, 0.15) is 5.82 Å². The highest BCUT2D eigenvalue weighted by Crippen LogP contribution is 2.21. The van der Waals surface area contributed by atoms with E-state index in [1.165, 1.54) is 25.3 Å². The van der Waals surface area contributed by atoms with Gasteiger partial charge in [-0.2, -0.15) is 0 Å². The van der Waals surface area contributed by atoms with Gasteiger partial charge in [-0.3, -0.25) is 4.79 Å². The molecule has 0 aliphatic carbocycles. The zero-order chi connectivity index (χ0) is 18.4. The van der Waals surface area contributed by atoms with Crippen molar-refractivity contribution in [2.75, 3.05) is 31.4 Å². The maximum Gasteiger partial charge on any atom is 0.259 e. The van der Waals surface area contributed by atoms with Gasteiger partial charge in [-0.25, -0.2) is 13.2 Å². The second-order valence-electron chi connectivity index (χ2n) is 5.13. The molecule has 0 saturated carbocycles. The molecule has 134 valence electrons. The molecule has 0 spiro atoms. The van der Waals surface area contributed by atoms with Crippen molar-refractivity contribution < 1.29 is 27.4 Å². The first-order valence-corrected chi connectivity index (χ1v) is 7.34. The first-order chi connectivity index (χ1) is 11.9. The van der Waals surface area contributed by atoms with Crippen LogP contribution in [0, 0.1) is 17.5 Å². The molecule has 25 heavy (non-hydrogen) atoms.